The first-order chi connectivity index (χ1) is 12.3. The van der Waals surface area contributed by atoms with Gasteiger partial charge in [-0.3, -0.25) is 14.5 Å². The predicted octanol–water partition coefficient (Wildman–Crippen LogP) is 3.20. The second kappa shape index (κ2) is 6.55. The molecule has 0 spiro atoms. The van der Waals surface area contributed by atoms with Crippen LogP contribution in [-0.4, -0.2) is 29.0 Å². The lowest BCUT2D eigenvalue weighted by Crippen LogP contribution is -2.30. The zero-order chi connectivity index (χ0) is 19.0. The summed E-state index contributed by atoms with van der Waals surface area (Å²) in [4.78, 5) is 26.2. The molecule has 0 unspecified atom stereocenters. The SMILES string of the molecule is COc1cc([C@H]2C(C(C)=O)=C(O)C(=O)N2c2ccc(C)cc2)ccc1O. The predicted molar refractivity (Wildman–Crippen MR) is 96.4 cm³/mol. The lowest BCUT2D eigenvalue weighted by atomic mass is 9.96. The van der Waals surface area contributed by atoms with Crippen molar-refractivity contribution in [3.63, 3.8) is 0 Å². The standard InChI is InChI=1S/C20H19NO5/c1-11-4-7-14(8-5-11)21-18(17(12(2)22)19(24)20(21)25)13-6-9-15(23)16(10-13)26-3/h4-10,18,23-24H,1-3H3/t18-/m0/s1. The summed E-state index contributed by atoms with van der Waals surface area (Å²) in [7, 11) is 1.41. The van der Waals surface area contributed by atoms with Gasteiger partial charge in [-0.15, -0.1) is 0 Å². The van der Waals surface area contributed by atoms with Crippen LogP contribution in [0.1, 0.15) is 24.1 Å². The van der Waals surface area contributed by atoms with E-state index in [1.165, 1.54) is 25.0 Å². The molecular formula is C20H19NO5. The minimum atomic E-state index is -0.808. The van der Waals surface area contributed by atoms with Gasteiger partial charge in [-0.05, 0) is 43.7 Å². The molecule has 0 saturated carbocycles. The van der Waals surface area contributed by atoms with Crippen molar-refractivity contribution in [1.29, 1.82) is 0 Å². The third-order valence-corrected chi connectivity index (χ3v) is 4.42. The maximum atomic E-state index is 12.7. The van der Waals surface area contributed by atoms with E-state index < -0.39 is 23.5 Å². The second-order valence-electron chi connectivity index (χ2n) is 6.16. The van der Waals surface area contributed by atoms with Crippen molar-refractivity contribution in [2.24, 2.45) is 0 Å². The number of ketones is 1. The number of anilines is 1. The maximum Gasteiger partial charge on any atom is 0.294 e. The van der Waals surface area contributed by atoms with Gasteiger partial charge in [0.05, 0.1) is 18.7 Å². The van der Waals surface area contributed by atoms with Crippen LogP contribution in [0.5, 0.6) is 11.5 Å². The summed E-state index contributed by atoms with van der Waals surface area (Å²) >= 11 is 0. The van der Waals surface area contributed by atoms with Gasteiger partial charge in [0, 0.05) is 5.69 Å². The van der Waals surface area contributed by atoms with Crippen LogP contribution in [0.3, 0.4) is 0 Å². The van der Waals surface area contributed by atoms with E-state index in [-0.39, 0.29) is 17.1 Å². The van der Waals surface area contributed by atoms with Crippen LogP contribution in [0.4, 0.5) is 5.69 Å². The highest BCUT2D eigenvalue weighted by Gasteiger charge is 2.43. The summed E-state index contributed by atoms with van der Waals surface area (Å²) in [6, 6.07) is 11.0. The van der Waals surface area contributed by atoms with E-state index in [0.717, 1.165) is 5.56 Å². The van der Waals surface area contributed by atoms with Crippen LogP contribution in [0.2, 0.25) is 0 Å². The number of Topliss-reactive ketones (excluding diaryl/α,β-unsaturated/α-hetero) is 1. The number of aromatic hydroxyl groups is 1. The third-order valence-electron chi connectivity index (χ3n) is 4.42. The Hall–Kier alpha value is -3.28. The van der Waals surface area contributed by atoms with E-state index in [0.29, 0.717) is 11.3 Å². The lowest BCUT2D eigenvalue weighted by molar-refractivity contribution is -0.117. The van der Waals surface area contributed by atoms with Gasteiger partial charge < -0.3 is 14.9 Å². The van der Waals surface area contributed by atoms with Crippen LogP contribution in [-0.2, 0) is 9.59 Å². The number of aliphatic hydroxyl groups is 1. The minimum absolute atomic E-state index is 0.0170. The number of phenolic OH excluding ortho intramolecular Hbond substituents is 1. The smallest absolute Gasteiger partial charge is 0.294 e. The zero-order valence-corrected chi connectivity index (χ0v) is 14.7. The Bertz CT molecular complexity index is 914. The van der Waals surface area contributed by atoms with Gasteiger partial charge in [0.15, 0.2) is 23.0 Å². The van der Waals surface area contributed by atoms with Gasteiger partial charge in [-0.25, -0.2) is 0 Å². The molecule has 1 heterocycles. The Kier molecular flexibility index (Phi) is 4.42. The number of phenols is 1. The topological polar surface area (TPSA) is 87.1 Å². The highest BCUT2D eigenvalue weighted by molar-refractivity contribution is 6.16. The number of ether oxygens (including phenoxy) is 1. The van der Waals surface area contributed by atoms with Crippen LogP contribution >= 0.6 is 0 Å². The molecule has 26 heavy (non-hydrogen) atoms. The molecule has 1 aliphatic heterocycles. The number of aliphatic hydroxyl groups excluding tert-OH is 1. The van der Waals surface area contributed by atoms with Gasteiger partial charge in [0.2, 0.25) is 0 Å². The largest absolute Gasteiger partial charge is 0.504 e. The Morgan fingerprint density at radius 1 is 1.12 bits per heavy atom. The maximum absolute atomic E-state index is 12.7. The molecule has 6 nitrogen and oxygen atoms in total. The molecule has 0 bridgehead atoms. The second-order valence-corrected chi connectivity index (χ2v) is 6.16. The molecular weight excluding hydrogens is 334 g/mol. The molecule has 6 heteroatoms. The number of hydrogen-bond donors (Lipinski definition) is 2. The normalized spacial score (nSPS) is 17.0. The highest BCUT2D eigenvalue weighted by atomic mass is 16.5. The van der Waals surface area contributed by atoms with E-state index in [1.807, 2.05) is 19.1 Å². The molecule has 1 amide bonds. The number of aryl methyl sites for hydroxylation is 1. The molecule has 2 aromatic rings. The average Bonchev–Trinajstić information content (AvgIpc) is 2.88. The number of carbonyl (C=O) groups is 2. The summed E-state index contributed by atoms with van der Waals surface area (Å²) in [5.74, 6) is -1.44. The van der Waals surface area contributed by atoms with Crippen LogP contribution in [0, 0.1) is 6.92 Å². The van der Waals surface area contributed by atoms with Crippen molar-refractivity contribution in [1.82, 2.24) is 0 Å². The lowest BCUT2D eigenvalue weighted by Gasteiger charge is -2.27. The molecule has 0 aromatic heterocycles. The van der Waals surface area contributed by atoms with Crippen LogP contribution < -0.4 is 9.64 Å². The summed E-state index contributed by atoms with van der Waals surface area (Å²) in [6.45, 7) is 3.23. The van der Waals surface area contributed by atoms with Gasteiger partial charge in [0.1, 0.15) is 0 Å². The first-order valence-electron chi connectivity index (χ1n) is 8.06. The van der Waals surface area contributed by atoms with Crippen molar-refractivity contribution < 1.29 is 24.5 Å². The Morgan fingerprint density at radius 2 is 1.77 bits per heavy atom. The van der Waals surface area contributed by atoms with Crippen molar-refractivity contribution in [3.8, 4) is 11.5 Å². The molecule has 1 atom stereocenters. The summed E-state index contributed by atoms with van der Waals surface area (Å²) < 4.78 is 5.13. The number of rotatable bonds is 4. The quantitative estimate of drug-likeness (QED) is 0.881. The average molecular weight is 353 g/mol. The number of nitrogens with zero attached hydrogens (tertiary/aromatic N) is 1. The molecule has 2 N–H and O–H groups in total. The van der Waals surface area contributed by atoms with E-state index in [1.54, 1.807) is 24.3 Å². The van der Waals surface area contributed by atoms with Crippen molar-refractivity contribution >= 4 is 17.4 Å². The van der Waals surface area contributed by atoms with Gasteiger partial charge in [-0.1, -0.05) is 23.8 Å². The number of hydrogen-bond acceptors (Lipinski definition) is 5. The Labute approximate surface area is 150 Å². The summed E-state index contributed by atoms with van der Waals surface area (Å²) in [5, 5.41) is 20.2. The molecule has 0 aliphatic carbocycles. The van der Waals surface area contributed by atoms with E-state index in [9.17, 15) is 19.8 Å². The molecule has 1 aliphatic rings. The molecule has 0 radical (unpaired) electrons. The van der Waals surface area contributed by atoms with Crippen LogP contribution in [0.25, 0.3) is 0 Å². The van der Waals surface area contributed by atoms with Crippen molar-refractivity contribution in [2.45, 2.75) is 19.9 Å². The number of methoxy groups -OCH3 is 1. The number of benzene rings is 2. The molecule has 0 fully saturated rings. The third kappa shape index (κ3) is 2.79. The minimum Gasteiger partial charge on any atom is -0.504 e. The Balaban J connectivity index is 2.19. The van der Waals surface area contributed by atoms with E-state index in [2.05, 4.69) is 0 Å². The first kappa shape index (κ1) is 17.5. The zero-order valence-electron chi connectivity index (χ0n) is 14.7. The van der Waals surface area contributed by atoms with Crippen molar-refractivity contribution in [3.05, 3.63) is 64.9 Å². The van der Waals surface area contributed by atoms with E-state index in [4.69, 9.17) is 4.74 Å². The fourth-order valence-corrected chi connectivity index (χ4v) is 3.12. The molecule has 134 valence electrons. The van der Waals surface area contributed by atoms with Gasteiger partial charge in [0.25, 0.3) is 5.91 Å². The summed E-state index contributed by atoms with van der Waals surface area (Å²) in [5.41, 5.74) is 2.14. The number of carbonyl (C=O) groups excluding carboxylic acids is 2. The Morgan fingerprint density at radius 3 is 2.35 bits per heavy atom. The van der Waals surface area contributed by atoms with Crippen molar-refractivity contribution in [2.75, 3.05) is 12.0 Å². The van der Waals surface area contributed by atoms with Gasteiger partial charge >= 0.3 is 0 Å². The molecule has 0 saturated heterocycles. The van der Waals surface area contributed by atoms with Crippen LogP contribution in [0.15, 0.2) is 53.8 Å². The fourth-order valence-electron chi connectivity index (χ4n) is 3.12. The fraction of sp³-hybridized carbons (Fsp3) is 0.200. The molecule has 2 aromatic carbocycles. The monoisotopic (exact) mass is 353 g/mol. The van der Waals surface area contributed by atoms with Gasteiger partial charge in [-0.2, -0.15) is 0 Å². The first-order valence-corrected chi connectivity index (χ1v) is 8.06. The highest BCUT2D eigenvalue weighted by Crippen LogP contribution is 2.42. The summed E-state index contributed by atoms with van der Waals surface area (Å²) in [6.07, 6.45) is 0. The van der Waals surface area contributed by atoms with E-state index >= 15 is 0 Å². The number of amides is 1. The molecule has 3 rings (SSSR count).